The summed E-state index contributed by atoms with van der Waals surface area (Å²) in [6.07, 6.45) is 1.66. The van der Waals surface area contributed by atoms with Gasteiger partial charge < -0.3 is 14.9 Å². The van der Waals surface area contributed by atoms with Crippen molar-refractivity contribution < 1.29 is 14.4 Å². The molecule has 2 rings (SSSR count). The van der Waals surface area contributed by atoms with Crippen LogP contribution < -0.4 is 10.1 Å². The maximum absolute atomic E-state index is 12.2. The predicted octanol–water partition coefficient (Wildman–Crippen LogP) is 4.17. The lowest BCUT2D eigenvalue weighted by molar-refractivity contribution is -0.114. The van der Waals surface area contributed by atoms with E-state index < -0.39 is 0 Å². The van der Waals surface area contributed by atoms with Crippen molar-refractivity contribution >= 4 is 40.3 Å². The minimum absolute atomic E-state index is 0.145. The average Bonchev–Trinajstić information content (AvgIpc) is 2.69. The number of carbonyl (C=O) groups is 1. The molecule has 0 unspecified atom stereocenters. The summed E-state index contributed by atoms with van der Waals surface area (Å²) < 4.78 is 5.81. The second kappa shape index (κ2) is 9.80. The number of nitrogens with zero attached hydrogens (tertiary/aromatic N) is 2. The summed E-state index contributed by atoms with van der Waals surface area (Å²) in [5.41, 5.74) is 2.10. The number of nitrogens with one attached hydrogen (secondary N) is 1. The third kappa shape index (κ3) is 5.74. The fourth-order valence-corrected chi connectivity index (χ4v) is 2.87. The number of rotatable bonds is 7. The van der Waals surface area contributed by atoms with Gasteiger partial charge in [-0.05, 0) is 17.0 Å². The normalized spacial score (nSPS) is 11.7. The quantitative estimate of drug-likeness (QED) is 0.307. The van der Waals surface area contributed by atoms with Crippen molar-refractivity contribution in [2.75, 3.05) is 14.2 Å². The Kier molecular flexibility index (Phi) is 7.70. The van der Waals surface area contributed by atoms with Crippen molar-refractivity contribution in [3.63, 3.8) is 0 Å². The summed E-state index contributed by atoms with van der Waals surface area (Å²) in [6.45, 7) is 6.26. The van der Waals surface area contributed by atoms with Crippen LogP contribution in [0.25, 0.3) is 0 Å². The summed E-state index contributed by atoms with van der Waals surface area (Å²) in [6, 6.07) is 9.01. The van der Waals surface area contributed by atoms with Crippen molar-refractivity contribution in [3.8, 4) is 5.88 Å². The molecule has 1 aromatic carbocycles. The molecule has 6 nitrogen and oxygen atoms in total. The lowest BCUT2D eigenvalue weighted by Crippen LogP contribution is -2.29. The third-order valence-corrected chi connectivity index (χ3v) is 5.13. The molecule has 1 heterocycles. The number of oxime groups is 1. The first-order chi connectivity index (χ1) is 13.7. The largest absolute Gasteiger partial charge is 0.472 e. The summed E-state index contributed by atoms with van der Waals surface area (Å²) in [5, 5.41) is 6.76. The predicted molar refractivity (Wildman–Crippen MR) is 119 cm³/mol. The average molecular weight is 434 g/mol. The summed E-state index contributed by atoms with van der Waals surface area (Å²) in [5.74, 6) is -0.0809. The van der Waals surface area contributed by atoms with Crippen LogP contribution in [0.4, 0.5) is 0 Å². The van der Waals surface area contributed by atoms with E-state index in [1.54, 1.807) is 24.4 Å². The van der Waals surface area contributed by atoms with E-state index in [1.165, 1.54) is 14.2 Å². The number of pyridine rings is 1. The van der Waals surface area contributed by atoms with Crippen LogP contribution in [0, 0.1) is 5.41 Å². The molecule has 29 heavy (non-hydrogen) atoms. The van der Waals surface area contributed by atoms with Crippen LogP contribution in [-0.4, -0.2) is 35.6 Å². The minimum Gasteiger partial charge on any atom is -0.472 e. The van der Waals surface area contributed by atoms with Crippen LogP contribution in [0.5, 0.6) is 5.88 Å². The van der Waals surface area contributed by atoms with Crippen molar-refractivity contribution in [1.29, 1.82) is 0 Å². The molecule has 2 aromatic rings. The highest BCUT2D eigenvalue weighted by atomic mass is 35.5. The van der Waals surface area contributed by atoms with Gasteiger partial charge in [0.05, 0.1) is 0 Å². The third-order valence-electron chi connectivity index (χ3n) is 4.01. The minimum atomic E-state index is -0.365. The number of amides is 1. The Labute approximate surface area is 181 Å². The summed E-state index contributed by atoms with van der Waals surface area (Å²) in [4.78, 5) is 22.1. The molecule has 0 fully saturated rings. The van der Waals surface area contributed by atoms with Gasteiger partial charge in [-0.15, -0.1) is 0 Å². The first-order valence-corrected chi connectivity index (χ1v) is 9.72. The number of halogens is 1. The molecular weight excluding hydrogens is 410 g/mol. The second-order valence-corrected chi connectivity index (χ2v) is 8.05. The Morgan fingerprint density at radius 1 is 1.31 bits per heavy atom. The smallest absolute Gasteiger partial charge is 0.273 e. The van der Waals surface area contributed by atoms with Crippen LogP contribution in [0.2, 0.25) is 5.02 Å². The van der Waals surface area contributed by atoms with E-state index in [9.17, 15) is 4.79 Å². The van der Waals surface area contributed by atoms with E-state index in [0.717, 1.165) is 16.0 Å². The topological polar surface area (TPSA) is 72.8 Å². The standard InChI is InChI=1S/C21H24ClN3O3S/c1-21(2,3)18(29)14-10-16(22)20(24-11-14)28-12-13-8-6-7-9-15(13)17(25-27-5)19(26)23-4/h6-11H,12H2,1-5H3,(H,23,26). The monoisotopic (exact) mass is 433 g/mol. The van der Waals surface area contributed by atoms with E-state index in [2.05, 4.69) is 15.5 Å². The van der Waals surface area contributed by atoms with Crippen molar-refractivity contribution in [2.45, 2.75) is 27.4 Å². The first-order valence-electron chi connectivity index (χ1n) is 8.93. The van der Waals surface area contributed by atoms with E-state index >= 15 is 0 Å². The highest BCUT2D eigenvalue weighted by Crippen LogP contribution is 2.28. The van der Waals surface area contributed by atoms with Crippen LogP contribution in [-0.2, 0) is 16.2 Å². The van der Waals surface area contributed by atoms with Gasteiger partial charge in [0, 0.05) is 29.2 Å². The van der Waals surface area contributed by atoms with Gasteiger partial charge in [-0.2, -0.15) is 0 Å². The molecule has 0 atom stereocenters. The van der Waals surface area contributed by atoms with Gasteiger partial charge in [0.1, 0.15) is 18.7 Å². The van der Waals surface area contributed by atoms with E-state index in [4.69, 9.17) is 33.4 Å². The fourth-order valence-electron chi connectivity index (χ4n) is 2.53. The molecule has 0 aliphatic rings. The molecule has 0 saturated heterocycles. The number of hydrogen-bond acceptors (Lipinski definition) is 6. The van der Waals surface area contributed by atoms with Crippen LogP contribution >= 0.6 is 23.8 Å². The molecule has 1 amide bonds. The van der Waals surface area contributed by atoms with E-state index in [1.807, 2.05) is 32.9 Å². The molecular formula is C21H24ClN3O3S. The molecule has 1 aromatic heterocycles. The van der Waals surface area contributed by atoms with Gasteiger partial charge in [0.2, 0.25) is 5.88 Å². The van der Waals surface area contributed by atoms with Gasteiger partial charge in [-0.1, -0.05) is 74.0 Å². The molecule has 0 aliphatic carbocycles. The van der Waals surface area contributed by atoms with Gasteiger partial charge >= 0.3 is 0 Å². The van der Waals surface area contributed by atoms with Crippen LogP contribution in [0.1, 0.15) is 37.5 Å². The van der Waals surface area contributed by atoms with Crippen molar-refractivity contribution in [3.05, 3.63) is 58.2 Å². The molecule has 154 valence electrons. The van der Waals surface area contributed by atoms with Crippen molar-refractivity contribution in [1.82, 2.24) is 10.3 Å². The highest BCUT2D eigenvalue weighted by Gasteiger charge is 2.21. The Morgan fingerprint density at radius 2 is 2.00 bits per heavy atom. The van der Waals surface area contributed by atoms with Crippen LogP contribution in [0.15, 0.2) is 41.7 Å². The zero-order valence-electron chi connectivity index (χ0n) is 17.1. The van der Waals surface area contributed by atoms with Crippen molar-refractivity contribution in [2.24, 2.45) is 10.6 Å². The zero-order chi connectivity index (χ0) is 21.6. The molecule has 0 radical (unpaired) electrons. The van der Waals surface area contributed by atoms with Gasteiger partial charge in [0.15, 0.2) is 5.71 Å². The SMILES string of the molecule is CNC(=O)C(=NOC)c1ccccc1COc1ncc(C(=S)C(C)(C)C)cc1Cl. The number of carbonyl (C=O) groups excluding carboxylic acids is 1. The number of aromatic nitrogens is 1. The first kappa shape index (κ1) is 22.8. The number of benzene rings is 1. The number of thiocarbonyl (C=S) groups is 1. The molecule has 8 heteroatoms. The summed E-state index contributed by atoms with van der Waals surface area (Å²) >= 11 is 11.9. The van der Waals surface area contributed by atoms with Gasteiger partial charge in [-0.25, -0.2) is 4.98 Å². The van der Waals surface area contributed by atoms with E-state index in [0.29, 0.717) is 10.6 Å². The molecule has 0 spiro atoms. The Balaban J connectivity index is 2.26. The Hall–Kier alpha value is -2.51. The lowest BCUT2D eigenvalue weighted by Gasteiger charge is -2.20. The number of ether oxygens (including phenoxy) is 1. The molecule has 0 saturated carbocycles. The molecule has 1 N–H and O–H groups in total. The zero-order valence-corrected chi connectivity index (χ0v) is 18.6. The fraction of sp³-hybridized carbons (Fsp3) is 0.333. The maximum atomic E-state index is 12.2. The maximum Gasteiger partial charge on any atom is 0.273 e. The second-order valence-electron chi connectivity index (χ2n) is 7.24. The number of likely N-dealkylation sites (N-methyl/N-ethyl adjacent to an activating group) is 1. The lowest BCUT2D eigenvalue weighted by atomic mass is 9.88. The molecule has 0 aliphatic heterocycles. The van der Waals surface area contributed by atoms with E-state index in [-0.39, 0.29) is 29.5 Å². The highest BCUT2D eigenvalue weighted by molar-refractivity contribution is 7.81. The Morgan fingerprint density at radius 3 is 2.59 bits per heavy atom. The number of hydrogen-bond donors (Lipinski definition) is 1. The summed E-state index contributed by atoms with van der Waals surface area (Å²) in [7, 11) is 2.91. The molecule has 0 bridgehead atoms. The van der Waals surface area contributed by atoms with Gasteiger partial charge in [0.25, 0.3) is 5.91 Å². The van der Waals surface area contributed by atoms with Crippen LogP contribution in [0.3, 0.4) is 0 Å². The van der Waals surface area contributed by atoms with Gasteiger partial charge in [-0.3, -0.25) is 4.79 Å². The Bertz CT molecular complexity index is 939.